The fourth-order valence-electron chi connectivity index (χ4n) is 2.78. The van der Waals surface area contributed by atoms with E-state index in [1.54, 1.807) is 30.6 Å². The molecule has 1 atom stereocenters. The Balaban J connectivity index is 1.75. The lowest BCUT2D eigenvalue weighted by Gasteiger charge is -2.32. The number of fused-ring (bicyclic) bond motifs is 1. The van der Waals surface area contributed by atoms with E-state index in [0.29, 0.717) is 30.0 Å². The van der Waals surface area contributed by atoms with Gasteiger partial charge in [-0.15, -0.1) is 0 Å². The van der Waals surface area contributed by atoms with Gasteiger partial charge in [0.15, 0.2) is 0 Å². The molecule has 0 radical (unpaired) electrons. The van der Waals surface area contributed by atoms with Gasteiger partial charge in [-0.1, -0.05) is 12.1 Å². The van der Waals surface area contributed by atoms with Gasteiger partial charge in [0.2, 0.25) is 10.0 Å². The molecule has 124 valence electrons. The van der Waals surface area contributed by atoms with Crippen LogP contribution in [0.15, 0.2) is 41.6 Å². The first kappa shape index (κ1) is 16.3. The predicted octanol–water partition coefficient (Wildman–Crippen LogP) is 1.23. The van der Waals surface area contributed by atoms with Crippen LogP contribution >= 0.6 is 0 Å². The predicted molar refractivity (Wildman–Crippen MR) is 88.8 cm³/mol. The first-order valence-corrected chi connectivity index (χ1v) is 9.20. The number of nitrogens with zero attached hydrogens (tertiary/aromatic N) is 2. The summed E-state index contributed by atoms with van der Waals surface area (Å²) in [5, 5.41) is 1.51. The molecule has 1 fully saturated rings. The smallest absolute Gasteiger partial charge is 0.241 e. The van der Waals surface area contributed by atoms with E-state index in [9.17, 15) is 8.42 Å². The van der Waals surface area contributed by atoms with Crippen molar-refractivity contribution in [2.45, 2.75) is 17.9 Å². The van der Waals surface area contributed by atoms with Gasteiger partial charge < -0.3 is 4.74 Å². The molecule has 0 aliphatic carbocycles. The molecule has 7 heteroatoms. The lowest BCUT2D eigenvalue weighted by molar-refractivity contribution is 0.0213. The summed E-state index contributed by atoms with van der Waals surface area (Å²) < 4.78 is 33.4. The minimum Gasteiger partial charge on any atom is -0.379 e. The monoisotopic (exact) mass is 335 g/mol. The number of ether oxygens (including phenoxy) is 1. The largest absolute Gasteiger partial charge is 0.379 e. The summed E-state index contributed by atoms with van der Waals surface area (Å²) in [5.41, 5.74) is 0. The zero-order valence-electron chi connectivity index (χ0n) is 13.1. The van der Waals surface area contributed by atoms with Crippen molar-refractivity contribution >= 4 is 20.8 Å². The molecule has 1 aliphatic rings. The molecule has 0 saturated carbocycles. The number of rotatable bonds is 5. The Morgan fingerprint density at radius 2 is 2.09 bits per heavy atom. The van der Waals surface area contributed by atoms with Crippen molar-refractivity contribution in [1.29, 1.82) is 0 Å². The average Bonchev–Trinajstić information content (AvgIpc) is 2.60. The third kappa shape index (κ3) is 3.69. The molecular formula is C16H21N3O3S. The van der Waals surface area contributed by atoms with Crippen molar-refractivity contribution in [2.24, 2.45) is 0 Å². The Hall–Kier alpha value is -1.54. The van der Waals surface area contributed by atoms with Gasteiger partial charge in [0, 0.05) is 48.8 Å². The number of benzene rings is 1. The lowest BCUT2D eigenvalue weighted by Crippen LogP contribution is -2.47. The molecule has 1 aromatic carbocycles. The Bertz CT molecular complexity index is 768. The van der Waals surface area contributed by atoms with Crippen molar-refractivity contribution in [3.63, 3.8) is 0 Å². The van der Waals surface area contributed by atoms with Crippen LogP contribution in [-0.4, -0.2) is 57.2 Å². The molecule has 0 amide bonds. The molecule has 1 saturated heterocycles. The first-order chi connectivity index (χ1) is 11.1. The Morgan fingerprint density at radius 1 is 1.30 bits per heavy atom. The van der Waals surface area contributed by atoms with E-state index >= 15 is 0 Å². The van der Waals surface area contributed by atoms with Crippen molar-refractivity contribution in [3.8, 4) is 0 Å². The number of pyridine rings is 1. The van der Waals surface area contributed by atoms with Crippen LogP contribution in [0.3, 0.4) is 0 Å². The fourth-order valence-corrected chi connectivity index (χ4v) is 4.13. The average molecular weight is 335 g/mol. The normalized spacial score (nSPS) is 18.1. The molecular weight excluding hydrogens is 314 g/mol. The Morgan fingerprint density at radius 3 is 2.87 bits per heavy atom. The van der Waals surface area contributed by atoms with Crippen LogP contribution in [0.1, 0.15) is 6.92 Å². The minimum absolute atomic E-state index is 0.130. The molecule has 23 heavy (non-hydrogen) atoms. The van der Waals surface area contributed by atoms with Crippen LogP contribution < -0.4 is 4.72 Å². The highest BCUT2D eigenvalue weighted by molar-refractivity contribution is 7.89. The van der Waals surface area contributed by atoms with Crippen LogP contribution in [0.4, 0.5) is 0 Å². The van der Waals surface area contributed by atoms with Crippen molar-refractivity contribution < 1.29 is 13.2 Å². The summed E-state index contributed by atoms with van der Waals surface area (Å²) in [6, 6.07) is 7.09. The van der Waals surface area contributed by atoms with Gasteiger partial charge in [-0.3, -0.25) is 9.88 Å². The van der Waals surface area contributed by atoms with E-state index in [-0.39, 0.29) is 6.04 Å². The van der Waals surface area contributed by atoms with Crippen LogP contribution in [0.2, 0.25) is 0 Å². The van der Waals surface area contributed by atoms with Gasteiger partial charge in [0.1, 0.15) is 0 Å². The maximum Gasteiger partial charge on any atom is 0.241 e. The highest BCUT2D eigenvalue weighted by Gasteiger charge is 2.21. The Labute approximate surface area is 136 Å². The van der Waals surface area contributed by atoms with Crippen LogP contribution in [-0.2, 0) is 14.8 Å². The van der Waals surface area contributed by atoms with Crippen molar-refractivity contribution in [3.05, 3.63) is 36.7 Å². The molecule has 2 heterocycles. The van der Waals surface area contributed by atoms with E-state index in [1.165, 1.54) is 0 Å². The van der Waals surface area contributed by atoms with E-state index < -0.39 is 10.0 Å². The quantitative estimate of drug-likeness (QED) is 0.890. The summed E-state index contributed by atoms with van der Waals surface area (Å²) in [5.74, 6) is 0. The summed E-state index contributed by atoms with van der Waals surface area (Å²) in [6.07, 6.45) is 3.28. The van der Waals surface area contributed by atoms with Crippen LogP contribution in [0.25, 0.3) is 10.8 Å². The van der Waals surface area contributed by atoms with Gasteiger partial charge in [-0.2, -0.15) is 0 Å². The van der Waals surface area contributed by atoms with E-state index in [2.05, 4.69) is 14.6 Å². The van der Waals surface area contributed by atoms with Gasteiger partial charge in [-0.25, -0.2) is 13.1 Å². The molecule has 0 bridgehead atoms. The summed E-state index contributed by atoms with van der Waals surface area (Å²) in [4.78, 5) is 6.57. The highest BCUT2D eigenvalue weighted by atomic mass is 32.2. The van der Waals surface area contributed by atoms with E-state index in [1.807, 2.05) is 13.0 Å². The maximum atomic E-state index is 12.7. The van der Waals surface area contributed by atoms with Crippen LogP contribution in [0, 0.1) is 0 Å². The second-order valence-corrected chi connectivity index (χ2v) is 7.44. The highest BCUT2D eigenvalue weighted by Crippen LogP contribution is 2.21. The zero-order chi connectivity index (χ0) is 16.3. The topological polar surface area (TPSA) is 71.5 Å². The number of morpholine rings is 1. The molecule has 1 aromatic heterocycles. The molecule has 3 rings (SSSR count). The van der Waals surface area contributed by atoms with Gasteiger partial charge in [0.25, 0.3) is 0 Å². The fraction of sp³-hybridized carbons (Fsp3) is 0.438. The van der Waals surface area contributed by atoms with E-state index in [4.69, 9.17) is 4.74 Å². The minimum atomic E-state index is -3.56. The zero-order valence-corrected chi connectivity index (χ0v) is 13.9. The second-order valence-electron chi connectivity index (χ2n) is 5.70. The summed E-state index contributed by atoms with van der Waals surface area (Å²) in [6.45, 7) is 5.48. The van der Waals surface area contributed by atoms with Crippen molar-refractivity contribution in [2.75, 3.05) is 32.8 Å². The summed E-state index contributed by atoms with van der Waals surface area (Å²) >= 11 is 0. The molecule has 2 aromatic rings. The third-order valence-corrected chi connectivity index (χ3v) is 5.65. The standard InChI is InChI=1S/C16H21N3O3S/c1-13(19-7-9-22-10-8-19)11-18-23(20,21)16-4-2-3-14-12-17-6-5-15(14)16/h2-6,12-13,18H,7-11H2,1H3/t13-/m1/s1. The molecule has 1 N–H and O–H groups in total. The van der Waals surface area contributed by atoms with Gasteiger partial charge in [-0.05, 0) is 19.1 Å². The molecule has 0 spiro atoms. The second kappa shape index (κ2) is 6.92. The first-order valence-electron chi connectivity index (χ1n) is 7.72. The number of sulfonamides is 1. The number of hydrogen-bond acceptors (Lipinski definition) is 5. The Kier molecular flexibility index (Phi) is 4.91. The number of aromatic nitrogens is 1. The van der Waals surface area contributed by atoms with E-state index in [0.717, 1.165) is 18.5 Å². The van der Waals surface area contributed by atoms with Gasteiger partial charge >= 0.3 is 0 Å². The van der Waals surface area contributed by atoms with Crippen LogP contribution in [0.5, 0.6) is 0 Å². The number of hydrogen-bond donors (Lipinski definition) is 1. The lowest BCUT2D eigenvalue weighted by atomic mass is 10.2. The summed E-state index contributed by atoms with van der Waals surface area (Å²) in [7, 11) is -3.56. The SMILES string of the molecule is C[C@H](CNS(=O)(=O)c1cccc2cnccc12)N1CCOCC1. The molecule has 6 nitrogen and oxygen atoms in total. The molecule has 0 unspecified atom stereocenters. The van der Waals surface area contributed by atoms with Gasteiger partial charge in [0.05, 0.1) is 18.1 Å². The molecule has 1 aliphatic heterocycles. The van der Waals surface area contributed by atoms with Crippen molar-refractivity contribution in [1.82, 2.24) is 14.6 Å². The number of nitrogens with one attached hydrogen (secondary N) is 1. The third-order valence-electron chi connectivity index (χ3n) is 4.17. The maximum absolute atomic E-state index is 12.7.